The molecule has 0 saturated heterocycles. The van der Waals surface area contributed by atoms with Gasteiger partial charge in [-0.1, -0.05) is 18.2 Å². The van der Waals surface area contributed by atoms with Gasteiger partial charge in [0, 0.05) is 31.4 Å². The first-order valence-corrected chi connectivity index (χ1v) is 9.42. The van der Waals surface area contributed by atoms with Crippen molar-refractivity contribution in [3.63, 3.8) is 0 Å². The van der Waals surface area contributed by atoms with Crippen molar-refractivity contribution in [1.82, 2.24) is 14.9 Å². The molecule has 2 aromatic heterocycles. The Kier molecular flexibility index (Phi) is 5.61. The van der Waals surface area contributed by atoms with Crippen LogP contribution in [0.2, 0.25) is 0 Å². The van der Waals surface area contributed by atoms with Crippen molar-refractivity contribution < 1.29 is 18.7 Å². The van der Waals surface area contributed by atoms with E-state index in [4.69, 9.17) is 13.9 Å². The summed E-state index contributed by atoms with van der Waals surface area (Å²) in [7, 11) is 3.35. The molecule has 7 heteroatoms. The van der Waals surface area contributed by atoms with E-state index in [1.54, 1.807) is 49.5 Å². The van der Waals surface area contributed by atoms with E-state index in [-0.39, 0.29) is 18.2 Å². The summed E-state index contributed by atoms with van der Waals surface area (Å²) in [5, 5.41) is 2.11. The van der Waals surface area contributed by atoms with E-state index in [1.807, 2.05) is 30.5 Å². The Bertz CT molecular complexity index is 1150. The molecule has 0 unspecified atom stereocenters. The maximum atomic E-state index is 12.8. The summed E-state index contributed by atoms with van der Waals surface area (Å²) in [5.74, 6) is 1.51. The molecule has 4 rings (SSSR count). The van der Waals surface area contributed by atoms with E-state index >= 15 is 0 Å². The maximum Gasteiger partial charge on any atom is 0.275 e. The molecule has 1 amide bonds. The molecule has 0 aliphatic rings. The van der Waals surface area contributed by atoms with Crippen molar-refractivity contribution in [2.75, 3.05) is 14.2 Å². The quantitative estimate of drug-likeness (QED) is 0.463. The average Bonchev–Trinajstić information content (AvgIpc) is 3.27. The first-order chi connectivity index (χ1) is 14.6. The predicted octanol–water partition coefficient (Wildman–Crippen LogP) is 4.08. The van der Waals surface area contributed by atoms with Gasteiger partial charge in [-0.05, 0) is 41.3 Å². The zero-order valence-electron chi connectivity index (χ0n) is 16.7. The number of oxazole rings is 1. The Morgan fingerprint density at radius 2 is 1.90 bits per heavy atom. The lowest BCUT2D eigenvalue weighted by atomic mass is 10.1. The van der Waals surface area contributed by atoms with E-state index < -0.39 is 0 Å². The molecule has 30 heavy (non-hydrogen) atoms. The lowest BCUT2D eigenvalue weighted by Crippen LogP contribution is -2.26. The number of nitrogens with zero attached hydrogens (tertiary/aromatic N) is 3. The number of pyridine rings is 1. The van der Waals surface area contributed by atoms with Crippen LogP contribution >= 0.6 is 0 Å². The minimum absolute atomic E-state index is 0.125. The van der Waals surface area contributed by atoms with E-state index in [0.717, 1.165) is 22.1 Å². The first-order valence-electron chi connectivity index (χ1n) is 9.42. The van der Waals surface area contributed by atoms with Crippen LogP contribution in [0.4, 0.5) is 0 Å². The van der Waals surface area contributed by atoms with Gasteiger partial charge in [0.25, 0.3) is 5.91 Å². The largest absolute Gasteiger partial charge is 0.497 e. The Balaban J connectivity index is 1.40. The third kappa shape index (κ3) is 4.25. The second-order valence-electron chi connectivity index (χ2n) is 6.77. The minimum Gasteiger partial charge on any atom is -0.497 e. The van der Waals surface area contributed by atoms with Gasteiger partial charge < -0.3 is 18.8 Å². The van der Waals surface area contributed by atoms with Crippen molar-refractivity contribution >= 4 is 16.7 Å². The fraction of sp³-hybridized carbons (Fsp3) is 0.174. The molecule has 0 aliphatic heterocycles. The third-order valence-electron chi connectivity index (χ3n) is 4.72. The Hall–Kier alpha value is -3.87. The smallest absolute Gasteiger partial charge is 0.275 e. The van der Waals surface area contributed by atoms with Crippen LogP contribution in [0.3, 0.4) is 0 Å². The highest BCUT2D eigenvalue weighted by molar-refractivity contribution is 5.92. The van der Waals surface area contributed by atoms with Crippen LogP contribution in [-0.2, 0) is 13.2 Å². The van der Waals surface area contributed by atoms with Crippen molar-refractivity contribution in [1.29, 1.82) is 0 Å². The second kappa shape index (κ2) is 8.65. The van der Waals surface area contributed by atoms with Crippen LogP contribution in [0, 0.1) is 0 Å². The molecular formula is C23H21N3O4. The van der Waals surface area contributed by atoms with Crippen LogP contribution in [0.5, 0.6) is 11.5 Å². The number of carbonyl (C=O) groups excluding carboxylic acids is 1. The molecule has 152 valence electrons. The normalized spacial score (nSPS) is 10.7. The number of rotatable bonds is 7. The van der Waals surface area contributed by atoms with Crippen molar-refractivity contribution in [2.24, 2.45) is 0 Å². The van der Waals surface area contributed by atoms with Gasteiger partial charge in [0.15, 0.2) is 12.3 Å². The summed E-state index contributed by atoms with van der Waals surface area (Å²) in [5.41, 5.74) is 1.28. The van der Waals surface area contributed by atoms with E-state index in [9.17, 15) is 4.79 Å². The molecule has 0 radical (unpaired) electrons. The number of hydrogen-bond donors (Lipinski definition) is 0. The van der Waals surface area contributed by atoms with E-state index in [0.29, 0.717) is 18.2 Å². The molecule has 0 bridgehead atoms. The van der Waals surface area contributed by atoms with Crippen LogP contribution in [0.25, 0.3) is 10.8 Å². The third-order valence-corrected chi connectivity index (χ3v) is 4.72. The Morgan fingerprint density at radius 3 is 2.70 bits per heavy atom. The molecular weight excluding hydrogens is 382 g/mol. The molecule has 4 aromatic rings. The summed E-state index contributed by atoms with van der Waals surface area (Å²) >= 11 is 0. The van der Waals surface area contributed by atoms with Crippen LogP contribution in [-0.4, -0.2) is 34.9 Å². The highest BCUT2D eigenvalue weighted by atomic mass is 16.5. The number of benzene rings is 2. The first kappa shape index (κ1) is 19.4. The van der Waals surface area contributed by atoms with Gasteiger partial charge in [-0.25, -0.2) is 4.98 Å². The fourth-order valence-electron chi connectivity index (χ4n) is 3.14. The second-order valence-corrected chi connectivity index (χ2v) is 6.77. The number of methoxy groups -OCH3 is 1. The zero-order chi connectivity index (χ0) is 20.9. The molecule has 0 aliphatic carbocycles. The summed E-state index contributed by atoms with van der Waals surface area (Å²) in [6.45, 7) is 0.574. The molecule has 0 fully saturated rings. The van der Waals surface area contributed by atoms with Crippen molar-refractivity contribution in [3.8, 4) is 11.5 Å². The van der Waals surface area contributed by atoms with Gasteiger partial charge in [0.2, 0.25) is 5.89 Å². The minimum atomic E-state index is -0.222. The lowest BCUT2D eigenvalue weighted by Gasteiger charge is -2.17. The van der Waals surface area contributed by atoms with Gasteiger partial charge in [-0.3, -0.25) is 9.78 Å². The molecule has 0 saturated carbocycles. The zero-order valence-corrected chi connectivity index (χ0v) is 16.7. The van der Waals surface area contributed by atoms with Crippen molar-refractivity contribution in [3.05, 3.63) is 84.3 Å². The van der Waals surface area contributed by atoms with E-state index in [1.165, 1.54) is 6.26 Å². The Labute approximate surface area is 173 Å². The molecule has 0 spiro atoms. The standard InChI is InChI=1S/C23H21N3O4/c1-26(13-17-5-3-4-16-12-24-11-10-20(16)17)23(27)21-14-30-22(25-21)15-29-19-8-6-18(28-2)7-9-19/h3-12,14H,13,15H2,1-2H3. The van der Waals surface area contributed by atoms with Gasteiger partial charge in [-0.15, -0.1) is 0 Å². The van der Waals surface area contributed by atoms with Gasteiger partial charge in [-0.2, -0.15) is 0 Å². The number of carbonyl (C=O) groups is 1. The van der Waals surface area contributed by atoms with Crippen LogP contribution < -0.4 is 9.47 Å². The number of aromatic nitrogens is 2. The number of amides is 1. The molecule has 0 atom stereocenters. The fourth-order valence-corrected chi connectivity index (χ4v) is 3.14. The van der Waals surface area contributed by atoms with Crippen LogP contribution in [0.1, 0.15) is 21.9 Å². The highest BCUT2D eigenvalue weighted by Crippen LogP contribution is 2.20. The van der Waals surface area contributed by atoms with Gasteiger partial charge in [0.05, 0.1) is 7.11 Å². The number of ether oxygens (including phenoxy) is 2. The summed E-state index contributed by atoms with van der Waals surface area (Å²) in [6, 6.07) is 15.1. The highest BCUT2D eigenvalue weighted by Gasteiger charge is 2.18. The van der Waals surface area contributed by atoms with Gasteiger partial charge >= 0.3 is 0 Å². The predicted molar refractivity (Wildman–Crippen MR) is 111 cm³/mol. The summed E-state index contributed by atoms with van der Waals surface area (Å²) in [4.78, 5) is 22.8. The van der Waals surface area contributed by atoms with E-state index in [2.05, 4.69) is 9.97 Å². The molecule has 2 heterocycles. The molecule has 2 aromatic carbocycles. The lowest BCUT2D eigenvalue weighted by molar-refractivity contribution is 0.0779. The van der Waals surface area contributed by atoms with Crippen molar-refractivity contribution in [2.45, 2.75) is 13.2 Å². The molecule has 0 N–H and O–H groups in total. The summed E-state index contributed by atoms with van der Waals surface area (Å²) in [6.07, 6.45) is 4.92. The summed E-state index contributed by atoms with van der Waals surface area (Å²) < 4.78 is 16.2. The molecule has 7 nitrogen and oxygen atoms in total. The SMILES string of the molecule is COc1ccc(OCc2nc(C(=O)N(C)Cc3cccc4cnccc34)co2)cc1. The van der Waals surface area contributed by atoms with Gasteiger partial charge in [0.1, 0.15) is 17.8 Å². The Morgan fingerprint density at radius 1 is 1.10 bits per heavy atom. The number of fused-ring (bicyclic) bond motifs is 1. The monoisotopic (exact) mass is 403 g/mol. The topological polar surface area (TPSA) is 77.7 Å². The number of hydrogen-bond acceptors (Lipinski definition) is 6. The van der Waals surface area contributed by atoms with Crippen LogP contribution in [0.15, 0.2) is 71.6 Å². The average molecular weight is 403 g/mol. The maximum absolute atomic E-state index is 12.8.